The first-order valence-corrected chi connectivity index (χ1v) is 10.0. The van der Waals surface area contributed by atoms with Crippen molar-refractivity contribution in [1.82, 2.24) is 14.9 Å². The Morgan fingerprint density at radius 3 is 2.77 bits per heavy atom. The standard InChI is InChI=1S/C14H23N3O3S2/c1-10-6-7-13(21-10)11(2)15-14(18)16-12-5-4-8-17(9-12)22(3,19)20/h6-7,11-12H,4-5,8-9H2,1-3H3,(H2,15,16,18). The summed E-state index contributed by atoms with van der Waals surface area (Å²) in [5.74, 6) is 0. The predicted octanol–water partition coefficient (Wildman–Crippen LogP) is 1.84. The number of amides is 2. The van der Waals surface area contributed by atoms with Crippen LogP contribution in [0.4, 0.5) is 4.79 Å². The van der Waals surface area contributed by atoms with E-state index in [1.54, 1.807) is 11.3 Å². The number of piperidine rings is 1. The van der Waals surface area contributed by atoms with Gasteiger partial charge in [0.15, 0.2) is 0 Å². The van der Waals surface area contributed by atoms with Crippen LogP contribution in [0.15, 0.2) is 12.1 Å². The predicted molar refractivity (Wildman–Crippen MR) is 88.6 cm³/mol. The molecule has 0 saturated carbocycles. The van der Waals surface area contributed by atoms with Gasteiger partial charge in [-0.15, -0.1) is 11.3 Å². The molecule has 2 unspecified atom stereocenters. The van der Waals surface area contributed by atoms with E-state index in [9.17, 15) is 13.2 Å². The van der Waals surface area contributed by atoms with Crippen molar-refractivity contribution in [1.29, 1.82) is 0 Å². The summed E-state index contributed by atoms with van der Waals surface area (Å²) in [5.41, 5.74) is 0. The van der Waals surface area contributed by atoms with Crippen LogP contribution in [0.3, 0.4) is 0 Å². The molecule has 0 bridgehead atoms. The van der Waals surface area contributed by atoms with Gasteiger partial charge in [0.05, 0.1) is 12.3 Å². The van der Waals surface area contributed by atoms with Crippen molar-refractivity contribution in [2.24, 2.45) is 0 Å². The molecule has 2 atom stereocenters. The number of urea groups is 1. The summed E-state index contributed by atoms with van der Waals surface area (Å²) < 4.78 is 24.6. The number of sulfonamides is 1. The van der Waals surface area contributed by atoms with Crippen LogP contribution < -0.4 is 10.6 Å². The van der Waals surface area contributed by atoms with Gasteiger partial charge in [0.1, 0.15) is 0 Å². The molecular weight excluding hydrogens is 322 g/mol. The number of nitrogens with one attached hydrogen (secondary N) is 2. The van der Waals surface area contributed by atoms with Gasteiger partial charge in [-0.2, -0.15) is 0 Å². The lowest BCUT2D eigenvalue weighted by Crippen LogP contribution is -2.51. The average molecular weight is 345 g/mol. The minimum absolute atomic E-state index is 0.0618. The maximum Gasteiger partial charge on any atom is 0.315 e. The van der Waals surface area contributed by atoms with Gasteiger partial charge in [0, 0.05) is 28.9 Å². The maximum atomic E-state index is 12.1. The Morgan fingerprint density at radius 1 is 1.45 bits per heavy atom. The Balaban J connectivity index is 1.86. The van der Waals surface area contributed by atoms with Gasteiger partial charge in [0.2, 0.25) is 10.0 Å². The molecule has 8 heteroatoms. The molecule has 0 aromatic carbocycles. The summed E-state index contributed by atoms with van der Waals surface area (Å²) in [6, 6.07) is 3.59. The van der Waals surface area contributed by atoms with Gasteiger partial charge in [-0.3, -0.25) is 0 Å². The van der Waals surface area contributed by atoms with Crippen molar-refractivity contribution >= 4 is 27.4 Å². The molecule has 1 aliphatic heterocycles. The van der Waals surface area contributed by atoms with Gasteiger partial charge < -0.3 is 10.6 Å². The summed E-state index contributed by atoms with van der Waals surface area (Å²) in [6.45, 7) is 4.85. The largest absolute Gasteiger partial charge is 0.334 e. The van der Waals surface area contributed by atoms with E-state index in [-0.39, 0.29) is 18.1 Å². The number of hydrogen-bond acceptors (Lipinski definition) is 4. The lowest BCUT2D eigenvalue weighted by atomic mass is 10.1. The number of hydrogen-bond donors (Lipinski definition) is 2. The van der Waals surface area contributed by atoms with E-state index >= 15 is 0 Å². The van der Waals surface area contributed by atoms with Gasteiger partial charge in [-0.25, -0.2) is 17.5 Å². The van der Waals surface area contributed by atoms with Crippen LogP contribution >= 0.6 is 11.3 Å². The van der Waals surface area contributed by atoms with Gasteiger partial charge >= 0.3 is 6.03 Å². The molecule has 0 aliphatic carbocycles. The van der Waals surface area contributed by atoms with Gasteiger partial charge in [-0.05, 0) is 38.8 Å². The van der Waals surface area contributed by atoms with E-state index in [0.717, 1.165) is 17.7 Å². The van der Waals surface area contributed by atoms with Crippen molar-refractivity contribution in [2.45, 2.75) is 38.8 Å². The topological polar surface area (TPSA) is 78.5 Å². The molecule has 6 nitrogen and oxygen atoms in total. The van der Waals surface area contributed by atoms with Crippen LogP contribution in [-0.2, 0) is 10.0 Å². The second-order valence-electron chi connectivity index (χ2n) is 5.75. The van der Waals surface area contributed by atoms with E-state index in [1.807, 2.05) is 26.0 Å². The molecule has 1 saturated heterocycles. The highest BCUT2D eigenvalue weighted by Gasteiger charge is 2.27. The highest BCUT2D eigenvalue weighted by molar-refractivity contribution is 7.88. The summed E-state index contributed by atoms with van der Waals surface area (Å²) in [7, 11) is -3.19. The smallest absolute Gasteiger partial charge is 0.315 e. The monoisotopic (exact) mass is 345 g/mol. The Bertz CT molecular complexity index is 627. The van der Waals surface area contributed by atoms with Crippen LogP contribution in [0.5, 0.6) is 0 Å². The average Bonchev–Trinajstić information content (AvgIpc) is 2.84. The molecule has 0 radical (unpaired) electrons. The molecule has 2 amide bonds. The first-order valence-electron chi connectivity index (χ1n) is 7.34. The molecule has 1 aliphatic rings. The summed E-state index contributed by atoms with van der Waals surface area (Å²) >= 11 is 1.66. The van der Waals surface area contributed by atoms with Crippen LogP contribution in [0.1, 0.15) is 35.6 Å². The van der Waals surface area contributed by atoms with Crippen LogP contribution in [0.2, 0.25) is 0 Å². The second-order valence-corrected chi connectivity index (χ2v) is 9.05. The normalized spacial score (nSPS) is 21.3. The number of thiophene rings is 1. The third kappa shape index (κ3) is 4.69. The molecule has 2 heterocycles. The van der Waals surface area contributed by atoms with Crippen molar-refractivity contribution in [3.8, 4) is 0 Å². The summed E-state index contributed by atoms with van der Waals surface area (Å²) in [5, 5.41) is 5.78. The Kier molecular flexibility index (Phi) is 5.46. The Hall–Kier alpha value is -1.12. The first kappa shape index (κ1) is 17.2. The number of rotatable bonds is 4. The van der Waals surface area contributed by atoms with Crippen molar-refractivity contribution in [2.75, 3.05) is 19.3 Å². The third-order valence-electron chi connectivity index (χ3n) is 3.72. The van der Waals surface area contributed by atoms with E-state index in [4.69, 9.17) is 0 Å². The fourth-order valence-electron chi connectivity index (χ4n) is 2.54. The number of carbonyl (C=O) groups excluding carboxylic acids is 1. The van der Waals surface area contributed by atoms with Crippen LogP contribution in [0.25, 0.3) is 0 Å². The fraction of sp³-hybridized carbons (Fsp3) is 0.643. The quantitative estimate of drug-likeness (QED) is 0.874. The zero-order valence-corrected chi connectivity index (χ0v) is 14.8. The van der Waals surface area contributed by atoms with Crippen LogP contribution in [-0.4, -0.2) is 44.1 Å². The minimum atomic E-state index is -3.19. The molecule has 2 N–H and O–H groups in total. The van der Waals surface area contributed by atoms with Crippen molar-refractivity contribution < 1.29 is 13.2 Å². The Labute approximate surface area is 135 Å². The first-order chi connectivity index (χ1) is 10.3. The van der Waals surface area contributed by atoms with E-state index in [0.29, 0.717) is 13.1 Å². The summed E-state index contributed by atoms with van der Waals surface area (Å²) in [6.07, 6.45) is 2.76. The molecule has 124 valence electrons. The highest BCUT2D eigenvalue weighted by atomic mass is 32.2. The number of carbonyl (C=O) groups is 1. The second kappa shape index (κ2) is 6.97. The third-order valence-corrected chi connectivity index (χ3v) is 6.18. The minimum Gasteiger partial charge on any atom is -0.334 e. The number of nitrogens with zero attached hydrogens (tertiary/aromatic N) is 1. The molecule has 1 fully saturated rings. The zero-order valence-electron chi connectivity index (χ0n) is 13.1. The molecule has 1 aromatic heterocycles. The molecular formula is C14H23N3O3S2. The van der Waals surface area contributed by atoms with Gasteiger partial charge in [0.25, 0.3) is 0 Å². The van der Waals surface area contributed by atoms with Crippen LogP contribution in [0, 0.1) is 6.92 Å². The zero-order chi connectivity index (χ0) is 16.3. The molecule has 22 heavy (non-hydrogen) atoms. The van der Waals surface area contributed by atoms with E-state index < -0.39 is 10.0 Å². The molecule has 0 spiro atoms. The van der Waals surface area contributed by atoms with E-state index in [1.165, 1.54) is 15.4 Å². The Morgan fingerprint density at radius 2 is 2.18 bits per heavy atom. The van der Waals surface area contributed by atoms with Crippen molar-refractivity contribution in [3.05, 3.63) is 21.9 Å². The lowest BCUT2D eigenvalue weighted by molar-refractivity contribution is 0.223. The SMILES string of the molecule is Cc1ccc(C(C)NC(=O)NC2CCCN(S(C)(=O)=O)C2)s1. The molecule has 1 aromatic rings. The van der Waals surface area contributed by atoms with Crippen molar-refractivity contribution in [3.63, 3.8) is 0 Å². The highest BCUT2D eigenvalue weighted by Crippen LogP contribution is 2.22. The summed E-state index contributed by atoms with van der Waals surface area (Å²) in [4.78, 5) is 14.4. The fourth-order valence-corrected chi connectivity index (χ4v) is 4.33. The van der Waals surface area contributed by atoms with E-state index in [2.05, 4.69) is 10.6 Å². The lowest BCUT2D eigenvalue weighted by Gasteiger charge is -2.31. The molecule has 2 rings (SSSR count). The van der Waals surface area contributed by atoms with Gasteiger partial charge in [-0.1, -0.05) is 0 Å². The number of aryl methyl sites for hydroxylation is 1. The maximum absolute atomic E-state index is 12.1.